The van der Waals surface area contributed by atoms with Crippen molar-refractivity contribution in [1.29, 1.82) is 5.26 Å². The van der Waals surface area contributed by atoms with Gasteiger partial charge in [-0.15, -0.1) is 5.10 Å². The standard InChI is InChI=1S/C17H18N4O/c1-12-13(2)19-20-17(15(12)10-18)21-8-9-22-16(11-21)14-6-4-3-5-7-14/h3-7,16H,8-9,11H2,1-2H3. The fourth-order valence-electron chi connectivity index (χ4n) is 2.66. The lowest BCUT2D eigenvalue weighted by Gasteiger charge is -2.34. The number of nitrogens with zero attached hydrogens (tertiary/aromatic N) is 4. The fourth-order valence-corrected chi connectivity index (χ4v) is 2.66. The Balaban J connectivity index is 1.90. The normalized spacial score (nSPS) is 18.0. The Morgan fingerprint density at radius 2 is 2.00 bits per heavy atom. The smallest absolute Gasteiger partial charge is 0.169 e. The van der Waals surface area contributed by atoms with Gasteiger partial charge in [0.1, 0.15) is 17.7 Å². The summed E-state index contributed by atoms with van der Waals surface area (Å²) in [5.41, 5.74) is 3.45. The molecule has 0 N–H and O–H groups in total. The summed E-state index contributed by atoms with van der Waals surface area (Å²) >= 11 is 0. The quantitative estimate of drug-likeness (QED) is 0.851. The van der Waals surface area contributed by atoms with Crippen molar-refractivity contribution in [2.24, 2.45) is 0 Å². The lowest BCUT2D eigenvalue weighted by molar-refractivity contribution is 0.0394. The van der Waals surface area contributed by atoms with Gasteiger partial charge in [-0.25, -0.2) is 0 Å². The molecule has 1 atom stereocenters. The average molecular weight is 294 g/mol. The second-order valence-electron chi connectivity index (χ2n) is 5.44. The zero-order valence-corrected chi connectivity index (χ0v) is 12.8. The molecule has 2 heterocycles. The fraction of sp³-hybridized carbons (Fsp3) is 0.353. The van der Waals surface area contributed by atoms with Crippen LogP contribution in [0.15, 0.2) is 30.3 Å². The van der Waals surface area contributed by atoms with Gasteiger partial charge in [0.25, 0.3) is 0 Å². The Morgan fingerprint density at radius 3 is 2.73 bits per heavy atom. The summed E-state index contributed by atoms with van der Waals surface area (Å²) in [6, 6.07) is 12.4. The van der Waals surface area contributed by atoms with E-state index in [2.05, 4.69) is 33.3 Å². The van der Waals surface area contributed by atoms with Gasteiger partial charge in [0.15, 0.2) is 5.82 Å². The minimum atomic E-state index is -0.00935. The van der Waals surface area contributed by atoms with Gasteiger partial charge in [-0.3, -0.25) is 0 Å². The molecular formula is C17H18N4O. The SMILES string of the molecule is Cc1nnc(N2CCOC(c3ccccc3)C2)c(C#N)c1C. The van der Waals surface area contributed by atoms with Crippen molar-refractivity contribution < 1.29 is 4.74 Å². The predicted molar refractivity (Wildman–Crippen MR) is 83.6 cm³/mol. The molecule has 22 heavy (non-hydrogen) atoms. The zero-order valence-electron chi connectivity index (χ0n) is 12.8. The number of aromatic nitrogens is 2. The number of hydrogen-bond acceptors (Lipinski definition) is 5. The van der Waals surface area contributed by atoms with Crippen LogP contribution in [0.5, 0.6) is 0 Å². The van der Waals surface area contributed by atoms with Crippen molar-refractivity contribution in [3.05, 3.63) is 52.7 Å². The lowest BCUT2D eigenvalue weighted by atomic mass is 10.1. The largest absolute Gasteiger partial charge is 0.370 e. The minimum Gasteiger partial charge on any atom is -0.370 e. The van der Waals surface area contributed by atoms with Gasteiger partial charge in [-0.1, -0.05) is 30.3 Å². The van der Waals surface area contributed by atoms with E-state index in [1.165, 1.54) is 0 Å². The van der Waals surface area contributed by atoms with Gasteiger partial charge in [0.2, 0.25) is 0 Å². The molecule has 1 aromatic heterocycles. The third-order valence-corrected chi connectivity index (χ3v) is 4.09. The maximum atomic E-state index is 9.46. The molecular weight excluding hydrogens is 276 g/mol. The van der Waals surface area contributed by atoms with E-state index in [-0.39, 0.29) is 6.10 Å². The van der Waals surface area contributed by atoms with E-state index >= 15 is 0 Å². The molecule has 1 unspecified atom stereocenters. The maximum absolute atomic E-state index is 9.46. The highest BCUT2D eigenvalue weighted by Crippen LogP contribution is 2.28. The van der Waals surface area contributed by atoms with Crippen LogP contribution in [0.25, 0.3) is 0 Å². The summed E-state index contributed by atoms with van der Waals surface area (Å²) in [5, 5.41) is 17.9. The molecule has 1 saturated heterocycles. The van der Waals surface area contributed by atoms with Crippen LogP contribution in [0.4, 0.5) is 5.82 Å². The number of anilines is 1. The van der Waals surface area contributed by atoms with Crippen molar-refractivity contribution in [3.63, 3.8) is 0 Å². The molecule has 5 heteroatoms. The van der Waals surface area contributed by atoms with Crippen molar-refractivity contribution in [2.45, 2.75) is 20.0 Å². The number of nitriles is 1. The molecule has 2 aromatic rings. The van der Waals surface area contributed by atoms with E-state index in [0.717, 1.165) is 23.4 Å². The molecule has 112 valence electrons. The average Bonchev–Trinajstić information content (AvgIpc) is 2.58. The van der Waals surface area contributed by atoms with Crippen LogP contribution in [-0.4, -0.2) is 29.9 Å². The molecule has 0 spiro atoms. The van der Waals surface area contributed by atoms with E-state index in [9.17, 15) is 5.26 Å². The molecule has 1 aliphatic heterocycles. The Labute approximate surface area is 130 Å². The van der Waals surface area contributed by atoms with Gasteiger partial charge >= 0.3 is 0 Å². The summed E-state index contributed by atoms with van der Waals surface area (Å²) in [5.74, 6) is 0.662. The molecule has 1 aliphatic rings. The van der Waals surface area contributed by atoms with Gasteiger partial charge in [0, 0.05) is 13.1 Å². The van der Waals surface area contributed by atoms with Crippen LogP contribution in [0.1, 0.15) is 28.5 Å². The summed E-state index contributed by atoms with van der Waals surface area (Å²) in [4.78, 5) is 2.10. The van der Waals surface area contributed by atoms with Crippen LogP contribution in [-0.2, 0) is 4.74 Å². The molecule has 0 radical (unpaired) electrons. The summed E-state index contributed by atoms with van der Waals surface area (Å²) in [6.45, 7) is 5.80. The molecule has 1 aromatic carbocycles. The van der Waals surface area contributed by atoms with Crippen molar-refractivity contribution in [2.75, 3.05) is 24.6 Å². The number of rotatable bonds is 2. The van der Waals surface area contributed by atoms with Crippen molar-refractivity contribution in [1.82, 2.24) is 10.2 Å². The lowest BCUT2D eigenvalue weighted by Crippen LogP contribution is -2.39. The molecule has 1 fully saturated rings. The Hall–Kier alpha value is -2.45. The van der Waals surface area contributed by atoms with E-state index in [1.54, 1.807) is 0 Å². The Bertz CT molecular complexity index is 709. The predicted octanol–water partition coefficient (Wildman–Crippen LogP) is 2.54. The topological polar surface area (TPSA) is 62.0 Å². The monoisotopic (exact) mass is 294 g/mol. The molecule has 0 saturated carbocycles. The van der Waals surface area contributed by atoms with E-state index in [4.69, 9.17) is 4.74 Å². The molecule has 0 bridgehead atoms. The summed E-state index contributed by atoms with van der Waals surface area (Å²) in [6.07, 6.45) is -0.00935. The van der Waals surface area contributed by atoms with E-state index < -0.39 is 0 Å². The van der Waals surface area contributed by atoms with Crippen LogP contribution in [0.3, 0.4) is 0 Å². The first-order valence-electron chi connectivity index (χ1n) is 7.36. The molecule has 0 amide bonds. The van der Waals surface area contributed by atoms with Crippen LogP contribution >= 0.6 is 0 Å². The first-order chi connectivity index (χ1) is 10.7. The van der Waals surface area contributed by atoms with Crippen LogP contribution < -0.4 is 4.90 Å². The highest BCUT2D eigenvalue weighted by atomic mass is 16.5. The third kappa shape index (κ3) is 2.66. The molecule has 0 aliphatic carbocycles. The van der Waals surface area contributed by atoms with Crippen molar-refractivity contribution >= 4 is 5.82 Å². The Kier molecular flexibility index (Phi) is 4.03. The number of benzene rings is 1. The summed E-state index contributed by atoms with van der Waals surface area (Å²) < 4.78 is 5.87. The van der Waals surface area contributed by atoms with Gasteiger partial charge in [-0.2, -0.15) is 10.4 Å². The van der Waals surface area contributed by atoms with Gasteiger partial charge in [0.05, 0.1) is 12.3 Å². The maximum Gasteiger partial charge on any atom is 0.169 e. The second kappa shape index (κ2) is 6.12. The van der Waals surface area contributed by atoms with Crippen molar-refractivity contribution in [3.8, 4) is 6.07 Å². The molecule has 5 nitrogen and oxygen atoms in total. The highest BCUT2D eigenvalue weighted by molar-refractivity contribution is 5.57. The number of hydrogen-bond donors (Lipinski definition) is 0. The minimum absolute atomic E-state index is 0.00935. The number of ether oxygens (including phenoxy) is 1. The van der Waals surface area contributed by atoms with Gasteiger partial charge in [-0.05, 0) is 25.0 Å². The number of morpholine rings is 1. The third-order valence-electron chi connectivity index (χ3n) is 4.09. The van der Waals surface area contributed by atoms with E-state index in [0.29, 0.717) is 24.5 Å². The van der Waals surface area contributed by atoms with E-state index in [1.807, 2.05) is 32.0 Å². The first kappa shape index (κ1) is 14.5. The highest BCUT2D eigenvalue weighted by Gasteiger charge is 2.25. The first-order valence-corrected chi connectivity index (χ1v) is 7.36. The van der Waals surface area contributed by atoms with Gasteiger partial charge < -0.3 is 9.64 Å². The second-order valence-corrected chi connectivity index (χ2v) is 5.44. The Morgan fingerprint density at radius 1 is 1.23 bits per heavy atom. The zero-order chi connectivity index (χ0) is 15.5. The van der Waals surface area contributed by atoms with Crippen LogP contribution in [0, 0.1) is 25.2 Å². The molecule has 3 rings (SSSR count). The summed E-state index contributed by atoms with van der Waals surface area (Å²) in [7, 11) is 0. The van der Waals surface area contributed by atoms with Crippen LogP contribution in [0.2, 0.25) is 0 Å². The number of aryl methyl sites for hydroxylation is 1.